The van der Waals surface area contributed by atoms with Gasteiger partial charge in [-0.2, -0.15) is 26.3 Å². The smallest absolute Gasteiger partial charge is 0.455 e. The highest BCUT2D eigenvalue weighted by Crippen LogP contribution is 2.52. The van der Waals surface area contributed by atoms with Crippen LogP contribution in [0.2, 0.25) is 6.32 Å². The van der Waals surface area contributed by atoms with Crippen LogP contribution in [0, 0.1) is 23.6 Å². The van der Waals surface area contributed by atoms with Crippen LogP contribution >= 0.6 is 0 Å². The quantitative estimate of drug-likeness (QED) is 0.166. The van der Waals surface area contributed by atoms with E-state index in [1.807, 2.05) is 0 Å². The molecule has 0 unspecified atom stereocenters. The van der Waals surface area contributed by atoms with E-state index >= 15 is 0 Å². The van der Waals surface area contributed by atoms with E-state index in [2.05, 4.69) is 0 Å². The van der Waals surface area contributed by atoms with Crippen molar-refractivity contribution in [2.45, 2.75) is 57.9 Å². The number of hydrogen-bond acceptors (Lipinski definition) is 5. The SMILES string of the molecule is CC1=C2[C@@H](CC/C(C)=C/c3ccc(O)c(F)c3)OB(O)C[C@@H]2[C@@H]2C(=O)N(c3cc(C(F)(F)F)cc(C(F)(F)F)c3)C(=O)[C@@H]2C1. The molecule has 4 atom stereocenters. The Hall–Kier alpha value is -3.65. The molecule has 2 N–H and O–H groups in total. The third kappa shape index (κ3) is 6.01. The van der Waals surface area contributed by atoms with Gasteiger partial charge < -0.3 is 14.8 Å². The standard InChI is InChI=1S/C30H27BF7NO5/c1-14(7-16-4-5-23(40)22(32)9-16)3-6-24-25-15(2)8-20-26(21(25)13-31(43)44-24)28(42)39(27(20)41)19-11-17(29(33,34)35)10-18(12-19)30(36,37)38/h4-5,7,9-12,20-21,24,26,40,43H,3,6,8,13H2,1-2H3/b14-7+/t20-,21+,24-,26-/m1/s1. The van der Waals surface area contributed by atoms with E-state index in [1.54, 1.807) is 19.9 Å². The largest absolute Gasteiger partial charge is 0.505 e. The van der Waals surface area contributed by atoms with E-state index in [4.69, 9.17) is 4.65 Å². The number of rotatable bonds is 5. The Kier molecular flexibility index (Phi) is 8.21. The molecule has 0 bridgehead atoms. The molecule has 2 amide bonds. The molecule has 6 nitrogen and oxygen atoms in total. The predicted molar refractivity (Wildman–Crippen MR) is 145 cm³/mol. The predicted octanol–water partition coefficient (Wildman–Crippen LogP) is 6.77. The maximum absolute atomic E-state index is 13.7. The van der Waals surface area contributed by atoms with Crippen LogP contribution in [0.4, 0.5) is 36.4 Å². The van der Waals surface area contributed by atoms with Crippen molar-refractivity contribution >= 4 is 30.7 Å². The third-order valence-corrected chi connectivity index (χ3v) is 8.47. The highest BCUT2D eigenvalue weighted by Gasteiger charge is 2.57. The van der Waals surface area contributed by atoms with Gasteiger partial charge in [-0.3, -0.25) is 9.59 Å². The fourth-order valence-corrected chi connectivity index (χ4v) is 6.57. The van der Waals surface area contributed by atoms with Crippen molar-refractivity contribution in [2.24, 2.45) is 17.8 Å². The van der Waals surface area contributed by atoms with E-state index in [9.17, 15) is 50.5 Å². The van der Waals surface area contributed by atoms with Crippen LogP contribution in [-0.4, -0.2) is 35.2 Å². The van der Waals surface area contributed by atoms with Gasteiger partial charge in [-0.05, 0) is 86.8 Å². The number of aromatic hydroxyl groups is 1. The molecule has 14 heteroatoms. The fourth-order valence-electron chi connectivity index (χ4n) is 6.57. The van der Waals surface area contributed by atoms with Gasteiger partial charge >= 0.3 is 19.5 Å². The van der Waals surface area contributed by atoms with Gasteiger partial charge in [0.2, 0.25) is 11.8 Å². The first-order valence-electron chi connectivity index (χ1n) is 13.8. The minimum atomic E-state index is -5.17. The Labute approximate surface area is 247 Å². The summed E-state index contributed by atoms with van der Waals surface area (Å²) in [5.74, 6) is -5.97. The van der Waals surface area contributed by atoms with Crippen LogP contribution in [0.3, 0.4) is 0 Å². The van der Waals surface area contributed by atoms with E-state index in [0.717, 1.165) is 5.57 Å². The van der Waals surface area contributed by atoms with E-state index in [0.29, 0.717) is 46.6 Å². The van der Waals surface area contributed by atoms with Crippen molar-refractivity contribution < 1.29 is 55.1 Å². The molecule has 2 saturated heterocycles. The molecule has 1 aliphatic carbocycles. The zero-order chi connectivity index (χ0) is 32.3. The van der Waals surface area contributed by atoms with Gasteiger partial charge in [0.1, 0.15) is 0 Å². The van der Waals surface area contributed by atoms with Gasteiger partial charge in [-0.15, -0.1) is 0 Å². The number of nitrogens with zero attached hydrogens (tertiary/aromatic N) is 1. The summed E-state index contributed by atoms with van der Waals surface area (Å²) in [4.78, 5) is 27.6. The Morgan fingerprint density at radius 3 is 2.25 bits per heavy atom. The van der Waals surface area contributed by atoms with Crippen molar-refractivity contribution in [1.82, 2.24) is 0 Å². The second kappa shape index (κ2) is 11.4. The second-order valence-electron chi connectivity index (χ2n) is 11.5. The number of hydrogen-bond donors (Lipinski definition) is 2. The monoisotopic (exact) mass is 625 g/mol. The lowest BCUT2D eigenvalue weighted by atomic mass is 9.59. The molecule has 234 valence electrons. The maximum Gasteiger partial charge on any atom is 0.455 e. The van der Waals surface area contributed by atoms with E-state index in [-0.39, 0.29) is 18.8 Å². The lowest BCUT2D eigenvalue weighted by Crippen LogP contribution is -2.46. The lowest BCUT2D eigenvalue weighted by molar-refractivity contribution is -0.143. The highest BCUT2D eigenvalue weighted by molar-refractivity contribution is 6.43. The van der Waals surface area contributed by atoms with Crippen LogP contribution in [0.15, 0.2) is 53.1 Å². The summed E-state index contributed by atoms with van der Waals surface area (Å²) in [6.07, 6.45) is -8.61. The summed E-state index contributed by atoms with van der Waals surface area (Å²) in [6.45, 7) is 3.52. The third-order valence-electron chi connectivity index (χ3n) is 8.47. The average Bonchev–Trinajstić information content (AvgIpc) is 3.17. The zero-order valence-electron chi connectivity index (χ0n) is 23.5. The number of alkyl halides is 6. The second-order valence-corrected chi connectivity index (χ2v) is 11.5. The van der Waals surface area contributed by atoms with Crippen molar-refractivity contribution in [2.75, 3.05) is 4.90 Å². The summed E-state index contributed by atoms with van der Waals surface area (Å²) in [5.41, 5.74) is -1.42. The van der Waals surface area contributed by atoms with Crippen LogP contribution in [0.5, 0.6) is 5.75 Å². The molecule has 2 aromatic rings. The molecular weight excluding hydrogens is 598 g/mol. The lowest BCUT2D eigenvalue weighted by Gasteiger charge is -2.42. The summed E-state index contributed by atoms with van der Waals surface area (Å²) in [6, 6.07) is 4.57. The Bertz CT molecular complexity index is 1540. The molecule has 2 heterocycles. The zero-order valence-corrected chi connectivity index (χ0v) is 23.5. The summed E-state index contributed by atoms with van der Waals surface area (Å²) in [7, 11) is -1.34. The summed E-state index contributed by atoms with van der Waals surface area (Å²) < 4.78 is 101. The Morgan fingerprint density at radius 2 is 1.66 bits per heavy atom. The van der Waals surface area contributed by atoms with E-state index < -0.39 is 83.5 Å². The van der Waals surface area contributed by atoms with Crippen molar-refractivity contribution in [3.8, 4) is 5.75 Å². The van der Waals surface area contributed by atoms with Crippen LogP contribution in [-0.2, 0) is 26.6 Å². The molecule has 44 heavy (non-hydrogen) atoms. The Balaban J connectivity index is 1.43. The maximum atomic E-state index is 13.7. The summed E-state index contributed by atoms with van der Waals surface area (Å²) in [5, 5.41) is 20.0. The summed E-state index contributed by atoms with van der Waals surface area (Å²) >= 11 is 0. The van der Waals surface area contributed by atoms with Gasteiger partial charge in [0.15, 0.2) is 11.6 Å². The minimum absolute atomic E-state index is 0.0419. The normalized spacial score (nSPS) is 24.6. The average molecular weight is 625 g/mol. The minimum Gasteiger partial charge on any atom is -0.505 e. The molecule has 0 aromatic heterocycles. The molecule has 0 saturated carbocycles. The molecule has 5 rings (SSSR count). The van der Waals surface area contributed by atoms with Crippen molar-refractivity contribution in [3.63, 3.8) is 0 Å². The number of carbonyl (C=O) groups is 2. The van der Waals surface area contributed by atoms with E-state index in [1.165, 1.54) is 18.2 Å². The fraction of sp³-hybridized carbons (Fsp3) is 0.400. The topological polar surface area (TPSA) is 87.1 Å². The molecule has 0 spiro atoms. The van der Waals surface area contributed by atoms with Gasteiger partial charge in [0.05, 0.1) is 34.8 Å². The number of anilines is 1. The first kappa shape index (κ1) is 31.8. The number of phenolic OH excluding ortho intramolecular Hbond substituents is 1. The number of allylic oxidation sites excluding steroid dienone is 2. The highest BCUT2D eigenvalue weighted by atomic mass is 19.4. The first-order chi connectivity index (χ1) is 20.5. The van der Waals surface area contributed by atoms with Crippen LogP contribution in [0.25, 0.3) is 6.08 Å². The van der Waals surface area contributed by atoms with Crippen molar-refractivity contribution in [1.29, 1.82) is 0 Å². The molecule has 2 fully saturated rings. The van der Waals surface area contributed by atoms with Gasteiger partial charge in [-0.25, -0.2) is 9.29 Å². The molecule has 2 aromatic carbocycles. The number of carbonyl (C=O) groups excluding carboxylic acids is 2. The Morgan fingerprint density at radius 1 is 1.02 bits per heavy atom. The van der Waals surface area contributed by atoms with Crippen LogP contribution in [0.1, 0.15) is 49.8 Å². The number of phenols is 1. The van der Waals surface area contributed by atoms with Crippen LogP contribution < -0.4 is 4.90 Å². The molecule has 2 aliphatic heterocycles. The number of imide groups is 1. The number of fused-ring (bicyclic) bond motifs is 3. The van der Waals surface area contributed by atoms with Gasteiger partial charge in [-0.1, -0.05) is 23.3 Å². The first-order valence-corrected chi connectivity index (χ1v) is 13.8. The molecule has 0 radical (unpaired) electrons. The van der Waals surface area contributed by atoms with Crippen molar-refractivity contribution in [3.05, 3.63) is 75.6 Å². The number of amides is 2. The molecular formula is C30H27BF7NO5. The van der Waals surface area contributed by atoms with Gasteiger partial charge in [0.25, 0.3) is 0 Å². The molecule has 3 aliphatic rings. The number of halogens is 7. The number of benzene rings is 2. The van der Waals surface area contributed by atoms with Gasteiger partial charge in [0, 0.05) is 0 Å².